The summed E-state index contributed by atoms with van der Waals surface area (Å²) >= 11 is 0. The maximum Gasteiger partial charge on any atom is 0.324 e. The number of urea groups is 1. The Bertz CT molecular complexity index is 855. The molecule has 0 bridgehead atoms. The molecule has 3 rings (SSSR count). The Hall–Kier alpha value is -3.02. The Balaban J connectivity index is 1.83. The van der Waals surface area contributed by atoms with E-state index in [1.165, 1.54) is 0 Å². The van der Waals surface area contributed by atoms with Crippen molar-refractivity contribution in [2.45, 2.75) is 19.9 Å². The Morgan fingerprint density at radius 2 is 2.00 bits per heavy atom. The fourth-order valence-electron chi connectivity index (χ4n) is 2.46. The topological polar surface area (TPSA) is 79.2 Å². The summed E-state index contributed by atoms with van der Waals surface area (Å²) in [6.07, 6.45) is 1.64. The molecule has 0 saturated heterocycles. The van der Waals surface area contributed by atoms with Crippen molar-refractivity contribution in [2.24, 2.45) is 0 Å². The van der Waals surface area contributed by atoms with E-state index < -0.39 is 0 Å². The highest BCUT2D eigenvalue weighted by molar-refractivity contribution is 6.06. The summed E-state index contributed by atoms with van der Waals surface area (Å²) < 4.78 is 1.73. The van der Waals surface area contributed by atoms with Crippen LogP contribution in [0.3, 0.4) is 0 Å². The maximum absolute atomic E-state index is 12.3. The third-order valence-corrected chi connectivity index (χ3v) is 3.51. The van der Waals surface area contributed by atoms with Gasteiger partial charge in [-0.25, -0.2) is 9.48 Å². The number of phenols is 1. The van der Waals surface area contributed by atoms with Crippen LogP contribution >= 0.6 is 0 Å². The van der Waals surface area contributed by atoms with Crippen molar-refractivity contribution in [2.75, 3.05) is 10.6 Å². The van der Waals surface area contributed by atoms with Crippen molar-refractivity contribution >= 4 is 28.3 Å². The summed E-state index contributed by atoms with van der Waals surface area (Å²) in [5.41, 5.74) is 0.631. The first-order valence-electron chi connectivity index (χ1n) is 7.38. The van der Waals surface area contributed by atoms with Crippen LogP contribution in [-0.4, -0.2) is 20.9 Å². The first kappa shape index (κ1) is 14.9. The molecule has 1 aromatic heterocycles. The number of carbonyl (C=O) groups excluding carboxylic acids is 1. The Morgan fingerprint density at radius 1 is 1.17 bits per heavy atom. The number of hydrogen-bond donors (Lipinski definition) is 3. The summed E-state index contributed by atoms with van der Waals surface area (Å²) in [4.78, 5) is 12.3. The number of aromatic hydroxyl groups is 1. The van der Waals surface area contributed by atoms with Gasteiger partial charge in [0.1, 0.15) is 11.6 Å². The monoisotopic (exact) mass is 310 g/mol. The van der Waals surface area contributed by atoms with Gasteiger partial charge >= 0.3 is 6.03 Å². The third kappa shape index (κ3) is 3.11. The zero-order valence-corrected chi connectivity index (χ0v) is 12.9. The molecule has 0 saturated carbocycles. The minimum atomic E-state index is -0.358. The number of nitrogens with one attached hydrogen (secondary N) is 2. The van der Waals surface area contributed by atoms with Crippen molar-refractivity contribution in [3.8, 4) is 5.75 Å². The number of amides is 2. The predicted molar refractivity (Wildman–Crippen MR) is 90.9 cm³/mol. The molecule has 0 fully saturated rings. The van der Waals surface area contributed by atoms with Gasteiger partial charge < -0.3 is 10.4 Å². The Labute approximate surface area is 133 Å². The van der Waals surface area contributed by atoms with Crippen LogP contribution in [0.1, 0.15) is 19.9 Å². The highest BCUT2D eigenvalue weighted by atomic mass is 16.3. The van der Waals surface area contributed by atoms with Crippen LogP contribution < -0.4 is 10.6 Å². The molecule has 0 radical (unpaired) electrons. The summed E-state index contributed by atoms with van der Waals surface area (Å²) in [6, 6.07) is 12.2. The highest BCUT2D eigenvalue weighted by Gasteiger charge is 2.11. The first-order chi connectivity index (χ1) is 11.0. The standard InChI is InChI=1S/C17H18N4O2/c1-11(2)21-16(8-9-18-21)20-17(23)19-15-5-3-4-12-6-7-13(22)10-14(12)15/h3-11,22H,1-2H3,(H2,19,20,23). The second-order valence-corrected chi connectivity index (χ2v) is 5.54. The lowest BCUT2D eigenvalue weighted by Crippen LogP contribution is -2.22. The Morgan fingerprint density at radius 3 is 2.78 bits per heavy atom. The number of hydrogen-bond acceptors (Lipinski definition) is 3. The van der Waals surface area contributed by atoms with E-state index in [9.17, 15) is 9.90 Å². The minimum absolute atomic E-state index is 0.148. The van der Waals surface area contributed by atoms with E-state index in [0.717, 1.165) is 10.8 Å². The summed E-state index contributed by atoms with van der Waals surface area (Å²) in [5, 5.41) is 21.1. The molecule has 3 aromatic rings. The molecule has 6 nitrogen and oxygen atoms in total. The normalized spacial score (nSPS) is 10.9. The molecule has 2 aromatic carbocycles. The quantitative estimate of drug-likeness (QED) is 0.685. The van der Waals surface area contributed by atoms with Crippen LogP contribution in [0.4, 0.5) is 16.3 Å². The zero-order chi connectivity index (χ0) is 16.4. The van der Waals surface area contributed by atoms with Gasteiger partial charge in [-0.2, -0.15) is 5.10 Å². The summed E-state index contributed by atoms with van der Waals surface area (Å²) in [6.45, 7) is 3.98. The van der Waals surface area contributed by atoms with Gasteiger partial charge in [0.05, 0.1) is 11.9 Å². The number of aromatic nitrogens is 2. The molecule has 0 aliphatic rings. The smallest absolute Gasteiger partial charge is 0.324 e. The SMILES string of the molecule is CC(C)n1nccc1NC(=O)Nc1cccc2ccc(O)cc12. The number of fused-ring (bicyclic) bond motifs is 1. The van der Waals surface area contributed by atoms with Crippen LogP contribution in [0.5, 0.6) is 5.75 Å². The lowest BCUT2D eigenvalue weighted by molar-refractivity contribution is 0.262. The van der Waals surface area contributed by atoms with Crippen LogP contribution in [0.15, 0.2) is 48.7 Å². The fraction of sp³-hybridized carbons (Fsp3) is 0.176. The third-order valence-electron chi connectivity index (χ3n) is 3.51. The summed E-state index contributed by atoms with van der Waals surface area (Å²) in [7, 11) is 0. The van der Waals surface area contributed by atoms with E-state index in [1.807, 2.05) is 32.0 Å². The second-order valence-electron chi connectivity index (χ2n) is 5.54. The van der Waals surface area contributed by atoms with Gasteiger partial charge in [0.25, 0.3) is 0 Å². The first-order valence-corrected chi connectivity index (χ1v) is 7.38. The molecular formula is C17H18N4O2. The van der Waals surface area contributed by atoms with Crippen LogP contribution in [0.2, 0.25) is 0 Å². The number of nitrogens with zero attached hydrogens (tertiary/aromatic N) is 2. The van der Waals surface area contributed by atoms with Gasteiger partial charge in [0, 0.05) is 17.5 Å². The average Bonchev–Trinajstić information content (AvgIpc) is 2.96. The molecule has 23 heavy (non-hydrogen) atoms. The van der Waals surface area contributed by atoms with Gasteiger partial charge in [-0.3, -0.25) is 5.32 Å². The largest absolute Gasteiger partial charge is 0.508 e. The van der Waals surface area contributed by atoms with Gasteiger partial charge in [-0.05, 0) is 37.4 Å². The zero-order valence-electron chi connectivity index (χ0n) is 12.9. The number of benzene rings is 2. The lowest BCUT2D eigenvalue weighted by Gasteiger charge is -2.13. The molecule has 0 spiro atoms. The average molecular weight is 310 g/mol. The molecule has 2 amide bonds. The van der Waals surface area contributed by atoms with Crippen LogP contribution in [-0.2, 0) is 0 Å². The number of anilines is 2. The second kappa shape index (κ2) is 6.00. The molecule has 0 aliphatic carbocycles. The fourth-order valence-corrected chi connectivity index (χ4v) is 2.46. The Kier molecular flexibility index (Phi) is 3.89. The van der Waals surface area contributed by atoms with Gasteiger partial charge in [-0.15, -0.1) is 0 Å². The molecule has 3 N–H and O–H groups in total. The van der Waals surface area contributed by atoms with E-state index in [0.29, 0.717) is 11.5 Å². The molecule has 118 valence electrons. The number of carbonyl (C=O) groups is 1. The van der Waals surface area contributed by atoms with E-state index >= 15 is 0 Å². The van der Waals surface area contributed by atoms with E-state index in [4.69, 9.17) is 0 Å². The van der Waals surface area contributed by atoms with E-state index in [2.05, 4.69) is 15.7 Å². The van der Waals surface area contributed by atoms with Gasteiger partial charge in [0.2, 0.25) is 0 Å². The molecular weight excluding hydrogens is 292 g/mol. The van der Waals surface area contributed by atoms with Crippen molar-refractivity contribution < 1.29 is 9.90 Å². The number of rotatable bonds is 3. The van der Waals surface area contributed by atoms with Gasteiger partial charge in [0.15, 0.2) is 0 Å². The minimum Gasteiger partial charge on any atom is -0.508 e. The molecule has 0 atom stereocenters. The lowest BCUT2D eigenvalue weighted by atomic mass is 10.1. The molecule has 6 heteroatoms. The highest BCUT2D eigenvalue weighted by Crippen LogP contribution is 2.27. The van der Waals surface area contributed by atoms with E-state index in [-0.39, 0.29) is 17.8 Å². The van der Waals surface area contributed by atoms with Gasteiger partial charge in [-0.1, -0.05) is 18.2 Å². The van der Waals surface area contributed by atoms with E-state index in [1.54, 1.807) is 35.1 Å². The van der Waals surface area contributed by atoms with Crippen molar-refractivity contribution in [1.29, 1.82) is 0 Å². The molecule has 0 unspecified atom stereocenters. The van der Waals surface area contributed by atoms with Crippen molar-refractivity contribution in [1.82, 2.24) is 9.78 Å². The predicted octanol–water partition coefficient (Wildman–Crippen LogP) is 3.97. The summed E-state index contributed by atoms with van der Waals surface area (Å²) in [5.74, 6) is 0.783. The molecule has 0 aliphatic heterocycles. The van der Waals surface area contributed by atoms with Crippen molar-refractivity contribution in [3.05, 3.63) is 48.7 Å². The maximum atomic E-state index is 12.3. The van der Waals surface area contributed by atoms with Crippen molar-refractivity contribution in [3.63, 3.8) is 0 Å². The number of phenolic OH excluding ortho intramolecular Hbond substituents is 1. The van der Waals surface area contributed by atoms with Crippen LogP contribution in [0.25, 0.3) is 10.8 Å². The van der Waals surface area contributed by atoms with Crippen LogP contribution in [0, 0.1) is 0 Å². The molecule has 1 heterocycles.